The van der Waals surface area contributed by atoms with Crippen LogP contribution >= 0.6 is 0 Å². The Labute approximate surface area is 151 Å². The number of rotatable bonds is 4. The molecule has 0 spiro atoms. The minimum Gasteiger partial charge on any atom is -0.0656 e. The topological polar surface area (TPSA) is 0 Å². The van der Waals surface area contributed by atoms with Gasteiger partial charge in [-0.25, -0.2) is 0 Å². The summed E-state index contributed by atoms with van der Waals surface area (Å²) in [7, 11) is -1.07. The van der Waals surface area contributed by atoms with Gasteiger partial charge in [-0.3, -0.25) is 0 Å². The van der Waals surface area contributed by atoms with Crippen molar-refractivity contribution in [2.45, 2.75) is 45.8 Å². The predicted octanol–water partition coefficient (Wildman–Crippen LogP) is 5.26. The van der Waals surface area contributed by atoms with E-state index in [-0.39, 0.29) is 21.7 Å². The molecule has 0 nitrogen and oxygen atoms in total. The summed E-state index contributed by atoms with van der Waals surface area (Å²) in [6.07, 6.45) is 26.9. The van der Waals surface area contributed by atoms with Gasteiger partial charge in [-0.1, -0.05) is 38.7 Å². The van der Waals surface area contributed by atoms with Crippen molar-refractivity contribution in [3.05, 3.63) is 76.0 Å². The van der Waals surface area contributed by atoms with Crippen LogP contribution in [0.1, 0.15) is 26.2 Å². The minimum atomic E-state index is -1.07. The summed E-state index contributed by atoms with van der Waals surface area (Å²) in [6, 6.07) is 0. The average Bonchev–Trinajstić information content (AvgIpc) is 3.09. The zero-order chi connectivity index (χ0) is 15.1. The quantitative estimate of drug-likeness (QED) is 0.487. The summed E-state index contributed by atoms with van der Waals surface area (Å²) in [4.78, 5) is 0. The van der Waals surface area contributed by atoms with E-state index in [1.54, 1.807) is 0 Å². The zero-order valence-corrected chi connectivity index (χ0v) is 16.5. The molecule has 0 saturated heterocycles. The Hall–Kier alpha value is 0.671. The predicted molar refractivity (Wildman–Crippen MR) is 92.4 cm³/mol. The molecule has 2 aliphatic carbocycles. The molecule has 0 unspecified atom stereocenters. The van der Waals surface area contributed by atoms with Crippen molar-refractivity contribution < 1.29 is 21.7 Å². The Kier molecular flexibility index (Phi) is 19.4. The van der Waals surface area contributed by atoms with Crippen LogP contribution in [0.3, 0.4) is 0 Å². The van der Waals surface area contributed by atoms with Crippen molar-refractivity contribution in [1.29, 1.82) is 0 Å². The smallest absolute Gasteiger partial charge is 0.0656 e. The summed E-state index contributed by atoms with van der Waals surface area (Å²) < 4.78 is 0. The van der Waals surface area contributed by atoms with Crippen molar-refractivity contribution in [3.8, 4) is 0 Å². The third kappa shape index (κ3) is 23.1. The van der Waals surface area contributed by atoms with Crippen molar-refractivity contribution in [2.75, 3.05) is 0 Å². The normalized spacial score (nSPS) is 17.5. The number of hydrogen-bond donors (Lipinski definition) is 0. The molecule has 21 heavy (non-hydrogen) atoms. The molecule has 112 valence electrons. The standard InChI is InChI=1S/C9H18Si.2C5H5.Ti/c1-5-6-7-8-9-10(2,3)4;2*1-2-4-5-3-1;/h5-7H2,1-4H3;2*1-5H;. The van der Waals surface area contributed by atoms with Crippen molar-refractivity contribution >= 4 is 8.07 Å². The van der Waals surface area contributed by atoms with Gasteiger partial charge in [-0.15, -0.1) is 0 Å². The van der Waals surface area contributed by atoms with Crippen molar-refractivity contribution in [2.24, 2.45) is 0 Å². The molecular formula is C19H28SiTi. The molecule has 0 aliphatic heterocycles. The molecule has 2 rings (SSSR count). The van der Waals surface area contributed by atoms with E-state index >= 15 is 0 Å². The van der Waals surface area contributed by atoms with E-state index in [4.69, 9.17) is 0 Å². The van der Waals surface area contributed by atoms with Gasteiger partial charge in [0.25, 0.3) is 0 Å². The summed E-state index contributed by atoms with van der Waals surface area (Å²) in [5, 5.41) is 0. The van der Waals surface area contributed by atoms with E-state index in [0.29, 0.717) is 0 Å². The molecule has 2 saturated carbocycles. The van der Waals surface area contributed by atoms with Crippen LogP contribution in [0.15, 0.2) is 0 Å². The second-order valence-electron chi connectivity index (χ2n) is 5.58. The van der Waals surface area contributed by atoms with Gasteiger partial charge in [-0.05, 0) is 83.1 Å². The van der Waals surface area contributed by atoms with Crippen LogP contribution in [-0.4, -0.2) is 8.07 Å². The molecule has 0 aromatic carbocycles. The van der Waals surface area contributed by atoms with Crippen LogP contribution in [0.4, 0.5) is 0 Å². The van der Waals surface area contributed by atoms with Gasteiger partial charge in [0.2, 0.25) is 0 Å². The minimum absolute atomic E-state index is 0. The molecule has 0 atom stereocenters. The maximum Gasteiger partial charge on any atom is 0.0778 e. The molecule has 2 aliphatic rings. The Balaban J connectivity index is 0. The molecule has 0 aromatic rings. The van der Waals surface area contributed by atoms with Gasteiger partial charge in [0.1, 0.15) is 0 Å². The van der Waals surface area contributed by atoms with E-state index in [0.717, 1.165) is 6.42 Å². The first kappa shape index (κ1) is 23.9. The third-order valence-electron chi connectivity index (χ3n) is 2.23. The Morgan fingerprint density at radius 3 is 1.29 bits per heavy atom. The fourth-order valence-electron chi connectivity index (χ4n) is 1.23. The first-order valence-electron chi connectivity index (χ1n) is 7.39. The summed E-state index contributed by atoms with van der Waals surface area (Å²) >= 11 is 0. The molecule has 12 radical (unpaired) electrons. The molecule has 2 fully saturated rings. The van der Waals surface area contributed by atoms with Gasteiger partial charge in [0, 0.05) is 21.7 Å². The summed E-state index contributed by atoms with van der Waals surface area (Å²) in [6.45, 7) is 9.06. The molecule has 0 heterocycles. The SMILES string of the molecule is CCCC[C]=[C][Si](C)(C)C.[CH]1[CH][CH][CH][CH]1.[CH]1[CH][CH][CH][CH]1.[Ti]. The van der Waals surface area contributed by atoms with Crippen LogP contribution < -0.4 is 0 Å². The van der Waals surface area contributed by atoms with E-state index in [1.165, 1.54) is 12.8 Å². The van der Waals surface area contributed by atoms with Crippen LogP contribution in [0, 0.1) is 76.0 Å². The Morgan fingerprint density at radius 1 is 0.714 bits per heavy atom. The largest absolute Gasteiger partial charge is 0.0778 e. The van der Waals surface area contributed by atoms with Crippen molar-refractivity contribution in [1.82, 2.24) is 0 Å². The van der Waals surface area contributed by atoms with Crippen molar-refractivity contribution in [3.63, 3.8) is 0 Å². The van der Waals surface area contributed by atoms with Gasteiger partial charge < -0.3 is 0 Å². The van der Waals surface area contributed by atoms with Crippen LogP contribution in [0.2, 0.25) is 19.6 Å². The molecule has 2 heteroatoms. The Bertz CT molecular complexity index is 185. The van der Waals surface area contributed by atoms with E-state index in [2.05, 4.69) is 38.3 Å². The molecule has 0 amide bonds. The van der Waals surface area contributed by atoms with E-state index < -0.39 is 8.07 Å². The Morgan fingerprint density at radius 2 is 1.05 bits per heavy atom. The van der Waals surface area contributed by atoms with Gasteiger partial charge >= 0.3 is 0 Å². The average molecular weight is 332 g/mol. The first-order chi connectivity index (χ1) is 9.56. The summed E-state index contributed by atoms with van der Waals surface area (Å²) in [5.41, 5.74) is 3.35. The van der Waals surface area contributed by atoms with Gasteiger partial charge in [0.05, 0.1) is 8.07 Å². The first-order valence-corrected chi connectivity index (χ1v) is 10.9. The monoisotopic (exact) mass is 332 g/mol. The van der Waals surface area contributed by atoms with Gasteiger partial charge in [0.15, 0.2) is 0 Å². The number of hydrogen-bond acceptors (Lipinski definition) is 0. The molecule has 0 N–H and O–H groups in total. The number of unbranched alkanes of at least 4 members (excludes halogenated alkanes) is 2. The second-order valence-corrected chi connectivity index (χ2v) is 10.3. The fraction of sp³-hybridized carbons (Fsp3) is 0.368. The van der Waals surface area contributed by atoms with E-state index in [9.17, 15) is 0 Å². The molecule has 0 aromatic heterocycles. The fourth-order valence-corrected chi connectivity index (χ4v) is 1.89. The van der Waals surface area contributed by atoms with Gasteiger partial charge in [-0.2, -0.15) is 0 Å². The van der Waals surface area contributed by atoms with E-state index in [1.807, 2.05) is 64.2 Å². The molecular weight excluding hydrogens is 304 g/mol. The summed E-state index contributed by atoms with van der Waals surface area (Å²) in [5.74, 6) is 0. The third-order valence-corrected chi connectivity index (χ3v) is 3.16. The number of allylic oxidation sites excluding steroid dienone is 1. The molecule has 0 bridgehead atoms. The maximum atomic E-state index is 3.35. The van der Waals surface area contributed by atoms with Crippen LogP contribution in [-0.2, 0) is 21.7 Å². The van der Waals surface area contributed by atoms with Crippen LogP contribution in [0.25, 0.3) is 0 Å². The second kappa shape index (κ2) is 17.0. The zero-order valence-electron chi connectivity index (χ0n) is 13.9. The van der Waals surface area contributed by atoms with Crippen LogP contribution in [0.5, 0.6) is 0 Å². The maximum absolute atomic E-state index is 3.35.